The number of hydrogen-bond acceptors (Lipinski definition) is 4. The van der Waals surface area contributed by atoms with Gasteiger partial charge in [-0.15, -0.1) is 15.0 Å². The maximum Gasteiger partial charge on any atom is 0.418 e. The normalized spacial score (nSPS) is 11.5. The van der Waals surface area contributed by atoms with Gasteiger partial charge in [-0.05, 0) is 48.7 Å². The van der Waals surface area contributed by atoms with Crippen LogP contribution < -0.4 is 5.32 Å². The number of amides is 1. The van der Waals surface area contributed by atoms with Crippen LogP contribution in [0.15, 0.2) is 49.1 Å². The summed E-state index contributed by atoms with van der Waals surface area (Å²) in [6.07, 6.45) is -2.15. The zero-order valence-corrected chi connectivity index (χ0v) is 14.7. The van der Waals surface area contributed by atoms with E-state index in [1.54, 1.807) is 12.1 Å². The maximum atomic E-state index is 13.2. The van der Waals surface area contributed by atoms with E-state index in [0.717, 1.165) is 16.4 Å². The highest BCUT2D eigenvalue weighted by Gasteiger charge is 2.34. The van der Waals surface area contributed by atoms with Crippen molar-refractivity contribution in [1.82, 2.24) is 20.3 Å². The molecule has 0 fully saturated rings. The fraction of sp³-hybridized carbons (Fsp3) is 0.211. The van der Waals surface area contributed by atoms with Gasteiger partial charge < -0.3 is 10.4 Å². The third kappa shape index (κ3) is 4.13. The molecular weight excluding hydrogens is 373 g/mol. The van der Waals surface area contributed by atoms with E-state index < -0.39 is 11.7 Å². The van der Waals surface area contributed by atoms with E-state index in [1.807, 2.05) is 0 Å². The molecule has 0 aliphatic heterocycles. The van der Waals surface area contributed by atoms with Crippen LogP contribution in [0.3, 0.4) is 0 Å². The minimum Gasteiger partial charge on any atom is -0.506 e. The minimum absolute atomic E-state index is 0.0757. The lowest BCUT2D eigenvalue weighted by atomic mass is 10.1. The quantitative estimate of drug-likeness (QED) is 0.500. The predicted octanol–water partition coefficient (Wildman–Crippen LogP) is 3.38. The molecule has 0 aliphatic rings. The van der Waals surface area contributed by atoms with Crippen molar-refractivity contribution in [1.29, 1.82) is 0 Å². The molecular formula is C19H17F3N4O2. The van der Waals surface area contributed by atoms with Crippen LogP contribution in [0.1, 0.15) is 17.5 Å². The molecule has 0 bridgehead atoms. The molecule has 3 aromatic rings. The van der Waals surface area contributed by atoms with Gasteiger partial charge in [0, 0.05) is 6.54 Å². The van der Waals surface area contributed by atoms with Gasteiger partial charge in [-0.1, -0.05) is 18.7 Å². The van der Waals surface area contributed by atoms with Crippen molar-refractivity contribution in [3.8, 4) is 11.4 Å². The second-order valence-electron chi connectivity index (χ2n) is 6.08. The average Bonchev–Trinajstić information content (AvgIpc) is 3.09. The van der Waals surface area contributed by atoms with Gasteiger partial charge in [0.25, 0.3) is 0 Å². The van der Waals surface area contributed by atoms with Crippen LogP contribution in [0.25, 0.3) is 16.7 Å². The highest BCUT2D eigenvalue weighted by molar-refractivity contribution is 5.86. The minimum atomic E-state index is -4.56. The number of aromatic nitrogens is 3. The zero-order valence-electron chi connectivity index (χ0n) is 14.7. The lowest BCUT2D eigenvalue weighted by Gasteiger charge is -2.07. The molecule has 0 unspecified atom stereocenters. The van der Waals surface area contributed by atoms with Crippen LogP contribution in [0.5, 0.6) is 5.75 Å². The fourth-order valence-corrected chi connectivity index (χ4v) is 2.73. The first-order valence-electron chi connectivity index (χ1n) is 8.45. The number of benzene rings is 2. The van der Waals surface area contributed by atoms with Crippen LogP contribution in [-0.2, 0) is 17.4 Å². The number of hydrogen-bond donors (Lipinski definition) is 2. The van der Waals surface area contributed by atoms with Gasteiger partial charge in [-0.2, -0.15) is 13.2 Å². The molecule has 0 atom stereocenters. The summed E-state index contributed by atoms with van der Waals surface area (Å²) in [5.74, 6) is -0.420. The molecule has 2 N–H and O–H groups in total. The Bertz CT molecular complexity index is 1030. The van der Waals surface area contributed by atoms with Crippen LogP contribution in [-0.4, -0.2) is 32.6 Å². The SMILES string of the molecule is C=CC(=O)NCCCc1ccc(O)c(-n2nc3cccc(C(F)(F)F)c3n2)c1. The van der Waals surface area contributed by atoms with Gasteiger partial charge in [0.2, 0.25) is 5.91 Å². The lowest BCUT2D eigenvalue weighted by Crippen LogP contribution is -2.22. The Morgan fingerprint density at radius 2 is 2.04 bits per heavy atom. The largest absolute Gasteiger partial charge is 0.506 e. The molecule has 3 rings (SSSR count). The first-order valence-corrected chi connectivity index (χ1v) is 8.45. The van der Waals surface area contributed by atoms with E-state index in [-0.39, 0.29) is 28.4 Å². The Morgan fingerprint density at radius 3 is 2.75 bits per heavy atom. The molecule has 0 saturated carbocycles. The van der Waals surface area contributed by atoms with E-state index in [9.17, 15) is 23.1 Å². The first kappa shape index (κ1) is 19.4. The van der Waals surface area contributed by atoms with Gasteiger partial charge >= 0.3 is 6.18 Å². The molecule has 0 aliphatic carbocycles. The summed E-state index contributed by atoms with van der Waals surface area (Å²) in [6.45, 7) is 3.81. The summed E-state index contributed by atoms with van der Waals surface area (Å²) in [6, 6.07) is 8.37. The van der Waals surface area contributed by atoms with Crippen LogP contribution >= 0.6 is 0 Å². The third-order valence-corrected chi connectivity index (χ3v) is 4.10. The number of phenols is 1. The monoisotopic (exact) mass is 390 g/mol. The standard InChI is InChI=1S/C19H17F3N4O2/c1-2-17(28)23-10-4-5-12-8-9-16(27)15(11-12)26-24-14-7-3-6-13(18(14)25-26)19(20,21)22/h2-3,6-9,11,27H,1,4-5,10H2,(H,23,28). The zero-order chi connectivity index (χ0) is 20.3. The van der Waals surface area contributed by atoms with Crippen molar-refractivity contribution >= 4 is 16.9 Å². The van der Waals surface area contributed by atoms with E-state index >= 15 is 0 Å². The van der Waals surface area contributed by atoms with Crippen LogP contribution in [0, 0.1) is 0 Å². The molecule has 1 aromatic heterocycles. The summed E-state index contributed by atoms with van der Waals surface area (Å²) in [5.41, 5.74) is -0.0986. The van der Waals surface area contributed by atoms with Gasteiger partial charge in [0.15, 0.2) is 0 Å². The highest BCUT2D eigenvalue weighted by Crippen LogP contribution is 2.34. The van der Waals surface area contributed by atoms with Crippen molar-refractivity contribution in [2.45, 2.75) is 19.0 Å². The Kier molecular flexibility index (Phi) is 5.34. The Balaban J connectivity index is 1.87. The van der Waals surface area contributed by atoms with Crippen LogP contribution in [0.4, 0.5) is 13.2 Å². The number of phenolic OH excluding ortho intramolecular Hbond substituents is 1. The van der Waals surface area contributed by atoms with Crippen molar-refractivity contribution < 1.29 is 23.1 Å². The predicted molar refractivity (Wildman–Crippen MR) is 97.1 cm³/mol. The number of aryl methyl sites for hydroxylation is 1. The molecule has 6 nitrogen and oxygen atoms in total. The second-order valence-corrected chi connectivity index (χ2v) is 6.08. The molecule has 1 heterocycles. The molecule has 0 saturated heterocycles. The first-order chi connectivity index (χ1) is 13.3. The number of nitrogens with zero attached hydrogens (tertiary/aromatic N) is 3. The van der Waals surface area contributed by atoms with Gasteiger partial charge in [0.1, 0.15) is 22.5 Å². The molecule has 9 heteroatoms. The number of nitrogens with one attached hydrogen (secondary N) is 1. The number of carbonyl (C=O) groups excluding carboxylic acids is 1. The highest BCUT2D eigenvalue weighted by atomic mass is 19.4. The number of halogens is 3. The third-order valence-electron chi connectivity index (χ3n) is 4.10. The maximum absolute atomic E-state index is 13.2. The molecule has 0 radical (unpaired) electrons. The number of rotatable bonds is 6. The number of aromatic hydroxyl groups is 1. The fourth-order valence-electron chi connectivity index (χ4n) is 2.73. The Labute approximate surface area is 158 Å². The van der Waals surface area contributed by atoms with E-state index in [4.69, 9.17) is 0 Å². The topological polar surface area (TPSA) is 80.0 Å². The average molecular weight is 390 g/mol. The smallest absolute Gasteiger partial charge is 0.418 e. The van der Waals surface area contributed by atoms with E-state index in [2.05, 4.69) is 22.1 Å². The summed E-state index contributed by atoms with van der Waals surface area (Å²) >= 11 is 0. The summed E-state index contributed by atoms with van der Waals surface area (Å²) in [7, 11) is 0. The van der Waals surface area contributed by atoms with E-state index in [0.29, 0.717) is 19.4 Å². The molecule has 1 amide bonds. The summed E-state index contributed by atoms with van der Waals surface area (Å²) in [5, 5.41) is 20.8. The van der Waals surface area contributed by atoms with Crippen molar-refractivity contribution in [3.05, 3.63) is 60.2 Å². The van der Waals surface area contributed by atoms with Crippen molar-refractivity contribution in [2.24, 2.45) is 0 Å². The van der Waals surface area contributed by atoms with Gasteiger partial charge in [-0.3, -0.25) is 4.79 Å². The van der Waals surface area contributed by atoms with Crippen molar-refractivity contribution in [3.63, 3.8) is 0 Å². The Morgan fingerprint density at radius 1 is 1.25 bits per heavy atom. The van der Waals surface area contributed by atoms with Crippen molar-refractivity contribution in [2.75, 3.05) is 6.54 Å². The van der Waals surface area contributed by atoms with Crippen LogP contribution in [0.2, 0.25) is 0 Å². The molecule has 146 valence electrons. The molecule has 0 spiro atoms. The number of alkyl halides is 3. The Hall–Kier alpha value is -3.36. The molecule has 28 heavy (non-hydrogen) atoms. The second kappa shape index (κ2) is 7.71. The van der Waals surface area contributed by atoms with Gasteiger partial charge in [0.05, 0.1) is 5.56 Å². The molecule has 2 aromatic carbocycles. The van der Waals surface area contributed by atoms with E-state index in [1.165, 1.54) is 24.3 Å². The summed E-state index contributed by atoms with van der Waals surface area (Å²) in [4.78, 5) is 12.1. The number of carbonyl (C=O) groups is 1. The summed E-state index contributed by atoms with van der Waals surface area (Å²) < 4.78 is 39.5. The van der Waals surface area contributed by atoms with Gasteiger partial charge in [-0.25, -0.2) is 0 Å². The number of fused-ring (bicyclic) bond motifs is 1. The lowest BCUT2D eigenvalue weighted by molar-refractivity contribution is -0.136.